The van der Waals surface area contributed by atoms with Crippen LogP contribution >= 0.6 is 23.4 Å². The fraction of sp³-hybridized carbons (Fsp3) is 0.111. The molecule has 0 atom stereocenters. The summed E-state index contributed by atoms with van der Waals surface area (Å²) in [5, 5.41) is 0.380. The zero-order valence-corrected chi connectivity index (χ0v) is 14.0. The molecule has 2 aromatic carbocycles. The molecule has 1 saturated heterocycles. The molecule has 3 nitrogen and oxygen atoms in total. The smallest absolute Gasteiger partial charge is 0.268 e. The first kappa shape index (κ1) is 15.8. The van der Waals surface area contributed by atoms with Gasteiger partial charge in [0.2, 0.25) is 0 Å². The topological polar surface area (TPSA) is 37.4 Å². The van der Waals surface area contributed by atoms with Crippen LogP contribution in [0, 0.1) is 6.92 Å². The van der Waals surface area contributed by atoms with Crippen LogP contribution in [0.4, 0.5) is 4.79 Å². The minimum atomic E-state index is -0.254. The predicted molar refractivity (Wildman–Crippen MR) is 94.1 cm³/mol. The Morgan fingerprint density at radius 2 is 1.70 bits per heavy atom. The molecule has 0 aromatic heterocycles. The number of imide groups is 1. The Morgan fingerprint density at radius 3 is 2.35 bits per heavy atom. The summed E-state index contributed by atoms with van der Waals surface area (Å²) < 4.78 is 0. The Kier molecular flexibility index (Phi) is 4.55. The number of thioether (sulfide) groups is 1. The maximum Gasteiger partial charge on any atom is 0.293 e. The zero-order chi connectivity index (χ0) is 16.4. The fourth-order valence-corrected chi connectivity index (χ4v) is 3.19. The lowest BCUT2D eigenvalue weighted by atomic mass is 10.1. The molecule has 3 rings (SSSR count). The van der Waals surface area contributed by atoms with Gasteiger partial charge in [-0.05, 0) is 48.0 Å². The second kappa shape index (κ2) is 6.60. The molecule has 0 radical (unpaired) electrons. The SMILES string of the molecule is Cc1ccc(/C=C2\SC(=O)N(Cc3ccc(Cl)cc3)C2=O)cc1. The van der Waals surface area contributed by atoms with E-state index < -0.39 is 0 Å². The van der Waals surface area contributed by atoms with Crippen molar-refractivity contribution in [1.82, 2.24) is 4.90 Å². The molecule has 116 valence electrons. The first-order chi connectivity index (χ1) is 11.0. The number of benzene rings is 2. The van der Waals surface area contributed by atoms with E-state index in [1.807, 2.05) is 43.3 Å². The van der Waals surface area contributed by atoms with Crippen molar-refractivity contribution >= 4 is 40.6 Å². The molecule has 0 spiro atoms. The number of halogens is 1. The van der Waals surface area contributed by atoms with Crippen molar-refractivity contribution in [3.63, 3.8) is 0 Å². The molecule has 2 amide bonds. The van der Waals surface area contributed by atoms with Gasteiger partial charge in [-0.2, -0.15) is 0 Å². The summed E-state index contributed by atoms with van der Waals surface area (Å²) in [6.07, 6.45) is 1.76. The van der Waals surface area contributed by atoms with E-state index in [0.29, 0.717) is 9.93 Å². The third kappa shape index (κ3) is 3.66. The van der Waals surface area contributed by atoms with Gasteiger partial charge in [0.05, 0.1) is 11.4 Å². The maximum absolute atomic E-state index is 12.4. The summed E-state index contributed by atoms with van der Waals surface area (Å²) in [6.45, 7) is 2.26. The van der Waals surface area contributed by atoms with Gasteiger partial charge < -0.3 is 0 Å². The highest BCUT2D eigenvalue weighted by Crippen LogP contribution is 2.33. The summed E-state index contributed by atoms with van der Waals surface area (Å²) in [6, 6.07) is 14.9. The van der Waals surface area contributed by atoms with Crippen molar-refractivity contribution in [1.29, 1.82) is 0 Å². The quantitative estimate of drug-likeness (QED) is 0.745. The second-order valence-corrected chi connectivity index (χ2v) is 6.73. The largest absolute Gasteiger partial charge is 0.293 e. The average molecular weight is 344 g/mol. The van der Waals surface area contributed by atoms with Crippen molar-refractivity contribution in [2.24, 2.45) is 0 Å². The Balaban J connectivity index is 1.79. The summed E-state index contributed by atoms with van der Waals surface area (Å²) >= 11 is 6.83. The van der Waals surface area contributed by atoms with Crippen molar-refractivity contribution in [2.75, 3.05) is 0 Å². The van der Waals surface area contributed by atoms with E-state index in [9.17, 15) is 9.59 Å². The third-order valence-corrected chi connectivity index (χ3v) is 4.66. The molecule has 23 heavy (non-hydrogen) atoms. The molecular formula is C18H14ClNO2S. The van der Waals surface area contributed by atoms with Gasteiger partial charge in [-0.3, -0.25) is 14.5 Å². The first-order valence-corrected chi connectivity index (χ1v) is 8.29. The van der Waals surface area contributed by atoms with Gasteiger partial charge in [0, 0.05) is 5.02 Å². The second-order valence-electron chi connectivity index (χ2n) is 5.31. The van der Waals surface area contributed by atoms with Crippen molar-refractivity contribution in [2.45, 2.75) is 13.5 Å². The van der Waals surface area contributed by atoms with Crippen LogP contribution in [0.1, 0.15) is 16.7 Å². The van der Waals surface area contributed by atoms with Gasteiger partial charge in [-0.25, -0.2) is 0 Å². The zero-order valence-electron chi connectivity index (χ0n) is 12.5. The maximum atomic E-state index is 12.4. The van der Waals surface area contributed by atoms with Crippen LogP contribution in [0.25, 0.3) is 6.08 Å². The number of carbonyl (C=O) groups excluding carboxylic acids is 2. The molecule has 1 fully saturated rings. The highest BCUT2D eigenvalue weighted by Gasteiger charge is 2.34. The number of amides is 2. The molecule has 1 aliphatic rings. The summed E-state index contributed by atoms with van der Waals surface area (Å²) in [7, 11) is 0. The number of hydrogen-bond acceptors (Lipinski definition) is 3. The molecular weight excluding hydrogens is 330 g/mol. The van der Waals surface area contributed by atoms with Gasteiger partial charge in [0.1, 0.15) is 0 Å². The standard InChI is InChI=1S/C18H14ClNO2S/c1-12-2-4-13(5-3-12)10-16-17(21)20(18(22)23-16)11-14-6-8-15(19)9-7-14/h2-10H,11H2,1H3/b16-10-. The number of rotatable bonds is 3. The van der Waals surface area contributed by atoms with Crippen LogP contribution in [0.15, 0.2) is 53.4 Å². The van der Waals surface area contributed by atoms with Crippen molar-refractivity contribution < 1.29 is 9.59 Å². The molecule has 0 aliphatic carbocycles. The lowest BCUT2D eigenvalue weighted by Gasteiger charge is -2.12. The average Bonchev–Trinajstić information content (AvgIpc) is 2.79. The van der Waals surface area contributed by atoms with E-state index >= 15 is 0 Å². The Labute approximate surface area is 143 Å². The monoisotopic (exact) mass is 343 g/mol. The number of hydrogen-bond donors (Lipinski definition) is 0. The molecule has 1 heterocycles. The van der Waals surface area contributed by atoms with E-state index in [2.05, 4.69) is 0 Å². The third-order valence-electron chi connectivity index (χ3n) is 3.50. The van der Waals surface area contributed by atoms with Gasteiger partial charge in [-0.1, -0.05) is 53.6 Å². The summed E-state index contributed by atoms with van der Waals surface area (Å²) in [5.41, 5.74) is 2.93. The lowest BCUT2D eigenvalue weighted by molar-refractivity contribution is -0.123. The van der Waals surface area contributed by atoms with E-state index in [-0.39, 0.29) is 17.7 Å². The Morgan fingerprint density at radius 1 is 1.04 bits per heavy atom. The Hall–Kier alpha value is -2.04. The fourth-order valence-electron chi connectivity index (χ4n) is 2.22. The lowest BCUT2D eigenvalue weighted by Crippen LogP contribution is -2.27. The van der Waals surface area contributed by atoms with Crippen LogP contribution in [0.3, 0.4) is 0 Å². The molecule has 1 aliphatic heterocycles. The number of carbonyl (C=O) groups is 2. The van der Waals surface area contributed by atoms with Crippen molar-refractivity contribution in [3.8, 4) is 0 Å². The summed E-state index contributed by atoms with van der Waals surface area (Å²) in [4.78, 5) is 26.3. The normalized spacial score (nSPS) is 16.4. The van der Waals surface area contributed by atoms with Gasteiger partial charge >= 0.3 is 0 Å². The van der Waals surface area contributed by atoms with Crippen LogP contribution in [-0.2, 0) is 11.3 Å². The van der Waals surface area contributed by atoms with Crippen LogP contribution in [0.2, 0.25) is 5.02 Å². The summed E-state index contributed by atoms with van der Waals surface area (Å²) in [5.74, 6) is -0.254. The Bertz CT molecular complexity index is 782. The highest BCUT2D eigenvalue weighted by molar-refractivity contribution is 8.18. The first-order valence-electron chi connectivity index (χ1n) is 7.09. The minimum Gasteiger partial charge on any atom is -0.268 e. The number of aryl methyl sites for hydroxylation is 1. The van der Waals surface area contributed by atoms with E-state index in [1.165, 1.54) is 4.90 Å². The molecule has 0 unspecified atom stereocenters. The molecule has 0 bridgehead atoms. The molecule has 0 N–H and O–H groups in total. The van der Waals surface area contributed by atoms with E-state index in [0.717, 1.165) is 28.5 Å². The highest BCUT2D eigenvalue weighted by atomic mass is 35.5. The molecule has 2 aromatic rings. The van der Waals surface area contributed by atoms with Crippen LogP contribution in [-0.4, -0.2) is 16.0 Å². The van der Waals surface area contributed by atoms with E-state index in [1.54, 1.807) is 18.2 Å². The molecule has 0 saturated carbocycles. The van der Waals surface area contributed by atoms with Crippen LogP contribution in [0.5, 0.6) is 0 Å². The minimum absolute atomic E-state index is 0.247. The molecule has 5 heteroatoms. The predicted octanol–water partition coefficient (Wildman–Crippen LogP) is 4.88. The van der Waals surface area contributed by atoms with E-state index in [4.69, 9.17) is 11.6 Å². The van der Waals surface area contributed by atoms with Crippen molar-refractivity contribution in [3.05, 3.63) is 75.1 Å². The van der Waals surface area contributed by atoms with Gasteiger partial charge in [0.15, 0.2) is 0 Å². The van der Waals surface area contributed by atoms with Gasteiger partial charge in [0.25, 0.3) is 11.1 Å². The number of nitrogens with zero attached hydrogens (tertiary/aromatic N) is 1. The van der Waals surface area contributed by atoms with Crippen LogP contribution < -0.4 is 0 Å². The van der Waals surface area contributed by atoms with Gasteiger partial charge in [-0.15, -0.1) is 0 Å².